The second-order valence-corrected chi connectivity index (χ2v) is 6.57. The Balaban J connectivity index is 1.64. The summed E-state index contributed by atoms with van der Waals surface area (Å²) < 4.78 is 17.2. The van der Waals surface area contributed by atoms with Crippen LogP contribution in [-0.4, -0.2) is 26.4 Å². The largest absolute Gasteiger partial charge is 0.493 e. The summed E-state index contributed by atoms with van der Waals surface area (Å²) in [5, 5.41) is 4.19. The third-order valence-corrected chi connectivity index (χ3v) is 4.54. The summed E-state index contributed by atoms with van der Waals surface area (Å²) in [4.78, 5) is 0. The standard InChI is InChI=1S/C20H24ClNO3/c1-23-19-6-2-4-16(12-22-13-18-5-3-11-24-18)20(19)25-14-15-7-9-17(21)10-8-15/h2,4,6-10,18,22H,3,5,11-14H2,1H3. The van der Waals surface area contributed by atoms with Gasteiger partial charge in [0.1, 0.15) is 6.61 Å². The monoisotopic (exact) mass is 361 g/mol. The van der Waals surface area contributed by atoms with Crippen LogP contribution in [0.2, 0.25) is 5.02 Å². The van der Waals surface area contributed by atoms with Crippen LogP contribution in [0.3, 0.4) is 0 Å². The van der Waals surface area contributed by atoms with Crippen molar-refractivity contribution >= 4 is 11.6 Å². The molecule has 3 rings (SSSR count). The van der Waals surface area contributed by atoms with Crippen LogP contribution in [-0.2, 0) is 17.9 Å². The maximum Gasteiger partial charge on any atom is 0.166 e. The summed E-state index contributed by atoms with van der Waals surface area (Å²) >= 11 is 5.93. The third kappa shape index (κ3) is 5.11. The number of hydrogen-bond acceptors (Lipinski definition) is 4. The van der Waals surface area contributed by atoms with Crippen LogP contribution in [0.4, 0.5) is 0 Å². The van der Waals surface area contributed by atoms with Crippen molar-refractivity contribution in [3.05, 3.63) is 58.6 Å². The molecule has 1 unspecified atom stereocenters. The van der Waals surface area contributed by atoms with Crippen molar-refractivity contribution < 1.29 is 14.2 Å². The summed E-state index contributed by atoms with van der Waals surface area (Å²) in [6, 6.07) is 13.6. The summed E-state index contributed by atoms with van der Waals surface area (Å²) in [7, 11) is 1.66. The zero-order valence-corrected chi connectivity index (χ0v) is 15.2. The van der Waals surface area contributed by atoms with Gasteiger partial charge < -0.3 is 19.5 Å². The van der Waals surface area contributed by atoms with Gasteiger partial charge in [-0.25, -0.2) is 0 Å². The van der Waals surface area contributed by atoms with Crippen molar-refractivity contribution in [2.75, 3.05) is 20.3 Å². The van der Waals surface area contributed by atoms with Gasteiger partial charge in [0, 0.05) is 30.3 Å². The lowest BCUT2D eigenvalue weighted by Gasteiger charge is -2.17. The summed E-state index contributed by atoms with van der Waals surface area (Å²) in [5.41, 5.74) is 2.14. The number of para-hydroxylation sites is 1. The highest BCUT2D eigenvalue weighted by atomic mass is 35.5. The van der Waals surface area contributed by atoms with Gasteiger partial charge in [-0.3, -0.25) is 0 Å². The van der Waals surface area contributed by atoms with Crippen LogP contribution in [0.15, 0.2) is 42.5 Å². The predicted molar refractivity (Wildman–Crippen MR) is 99.5 cm³/mol. The van der Waals surface area contributed by atoms with Crippen molar-refractivity contribution in [3.63, 3.8) is 0 Å². The Morgan fingerprint density at radius 3 is 2.76 bits per heavy atom. The quantitative estimate of drug-likeness (QED) is 0.765. The first-order valence-corrected chi connectivity index (χ1v) is 8.99. The van der Waals surface area contributed by atoms with Gasteiger partial charge in [0.25, 0.3) is 0 Å². The number of ether oxygens (including phenoxy) is 3. The molecule has 1 aliphatic heterocycles. The highest BCUT2D eigenvalue weighted by Crippen LogP contribution is 2.32. The van der Waals surface area contributed by atoms with Crippen molar-refractivity contribution in [1.29, 1.82) is 0 Å². The molecule has 1 fully saturated rings. The van der Waals surface area contributed by atoms with Gasteiger partial charge in [-0.15, -0.1) is 0 Å². The zero-order chi connectivity index (χ0) is 17.5. The fraction of sp³-hybridized carbons (Fsp3) is 0.400. The smallest absolute Gasteiger partial charge is 0.166 e. The van der Waals surface area contributed by atoms with E-state index in [2.05, 4.69) is 11.4 Å². The molecule has 0 radical (unpaired) electrons. The number of nitrogens with one attached hydrogen (secondary N) is 1. The number of halogens is 1. The lowest BCUT2D eigenvalue weighted by Crippen LogP contribution is -2.26. The number of methoxy groups -OCH3 is 1. The molecule has 0 amide bonds. The molecular formula is C20H24ClNO3. The first kappa shape index (κ1) is 18.1. The van der Waals surface area contributed by atoms with E-state index in [4.69, 9.17) is 25.8 Å². The minimum atomic E-state index is 0.323. The molecule has 0 aliphatic carbocycles. The fourth-order valence-electron chi connectivity index (χ4n) is 2.93. The van der Waals surface area contributed by atoms with E-state index < -0.39 is 0 Å². The molecule has 1 saturated heterocycles. The Bertz CT molecular complexity index is 669. The molecule has 1 atom stereocenters. The van der Waals surface area contributed by atoms with Crippen LogP contribution in [0.5, 0.6) is 11.5 Å². The van der Waals surface area contributed by atoms with Gasteiger partial charge in [0.05, 0.1) is 13.2 Å². The van der Waals surface area contributed by atoms with E-state index in [-0.39, 0.29) is 0 Å². The second kappa shape index (κ2) is 9.09. The highest BCUT2D eigenvalue weighted by Gasteiger charge is 2.16. The molecule has 1 N–H and O–H groups in total. The number of benzene rings is 2. The van der Waals surface area contributed by atoms with Gasteiger partial charge in [0.15, 0.2) is 11.5 Å². The van der Waals surface area contributed by atoms with Gasteiger partial charge >= 0.3 is 0 Å². The molecular weight excluding hydrogens is 338 g/mol. The summed E-state index contributed by atoms with van der Waals surface area (Å²) in [5.74, 6) is 1.52. The molecule has 0 bridgehead atoms. The Labute approximate surface area is 154 Å². The van der Waals surface area contributed by atoms with Gasteiger partial charge in [-0.05, 0) is 36.6 Å². The lowest BCUT2D eigenvalue weighted by molar-refractivity contribution is 0.110. The van der Waals surface area contributed by atoms with Crippen LogP contribution >= 0.6 is 11.6 Å². The number of hydrogen-bond donors (Lipinski definition) is 1. The first-order valence-electron chi connectivity index (χ1n) is 8.61. The zero-order valence-electron chi connectivity index (χ0n) is 14.5. The topological polar surface area (TPSA) is 39.7 Å². The molecule has 2 aromatic rings. The third-order valence-electron chi connectivity index (χ3n) is 4.29. The average Bonchev–Trinajstić information content (AvgIpc) is 3.15. The van der Waals surface area contributed by atoms with Crippen molar-refractivity contribution in [3.8, 4) is 11.5 Å². The van der Waals surface area contributed by atoms with E-state index in [1.165, 1.54) is 0 Å². The predicted octanol–water partition coefficient (Wildman–Crippen LogP) is 4.20. The van der Waals surface area contributed by atoms with E-state index in [0.29, 0.717) is 19.3 Å². The maximum atomic E-state index is 6.07. The molecule has 4 nitrogen and oxygen atoms in total. The molecule has 1 aliphatic rings. The molecule has 1 heterocycles. The second-order valence-electron chi connectivity index (χ2n) is 6.13. The van der Waals surface area contributed by atoms with E-state index in [1.807, 2.05) is 36.4 Å². The van der Waals surface area contributed by atoms with Crippen molar-refractivity contribution in [2.45, 2.75) is 32.1 Å². The molecule has 2 aromatic carbocycles. The average molecular weight is 362 g/mol. The Hall–Kier alpha value is -1.75. The summed E-state index contributed by atoms with van der Waals surface area (Å²) in [6.45, 7) is 2.91. The van der Waals surface area contributed by atoms with E-state index in [0.717, 1.165) is 53.6 Å². The van der Waals surface area contributed by atoms with Crippen LogP contribution in [0.1, 0.15) is 24.0 Å². The van der Waals surface area contributed by atoms with Crippen LogP contribution < -0.4 is 14.8 Å². The Kier molecular flexibility index (Phi) is 6.56. The van der Waals surface area contributed by atoms with Gasteiger partial charge in [-0.2, -0.15) is 0 Å². The minimum Gasteiger partial charge on any atom is -0.493 e. The fourth-order valence-corrected chi connectivity index (χ4v) is 3.06. The maximum absolute atomic E-state index is 6.07. The minimum absolute atomic E-state index is 0.323. The Morgan fingerprint density at radius 1 is 1.20 bits per heavy atom. The van der Waals surface area contributed by atoms with E-state index in [9.17, 15) is 0 Å². The molecule has 0 saturated carbocycles. The van der Waals surface area contributed by atoms with Crippen LogP contribution in [0.25, 0.3) is 0 Å². The summed E-state index contributed by atoms with van der Waals surface area (Å²) in [6.07, 6.45) is 2.61. The molecule has 0 spiro atoms. The Morgan fingerprint density at radius 2 is 2.04 bits per heavy atom. The van der Waals surface area contributed by atoms with Gasteiger partial charge in [-0.1, -0.05) is 35.9 Å². The van der Waals surface area contributed by atoms with E-state index in [1.54, 1.807) is 7.11 Å². The number of rotatable bonds is 8. The van der Waals surface area contributed by atoms with Crippen molar-refractivity contribution in [2.24, 2.45) is 0 Å². The first-order chi connectivity index (χ1) is 12.3. The molecule has 25 heavy (non-hydrogen) atoms. The normalized spacial score (nSPS) is 16.8. The van der Waals surface area contributed by atoms with E-state index >= 15 is 0 Å². The van der Waals surface area contributed by atoms with Crippen molar-refractivity contribution in [1.82, 2.24) is 5.32 Å². The highest BCUT2D eigenvalue weighted by molar-refractivity contribution is 6.30. The molecule has 0 aromatic heterocycles. The van der Waals surface area contributed by atoms with Gasteiger partial charge in [0.2, 0.25) is 0 Å². The lowest BCUT2D eigenvalue weighted by atomic mass is 10.1. The molecule has 134 valence electrons. The van der Waals surface area contributed by atoms with Crippen LogP contribution in [0, 0.1) is 0 Å². The molecule has 5 heteroatoms. The SMILES string of the molecule is COc1cccc(CNCC2CCCO2)c1OCc1ccc(Cl)cc1.